The van der Waals surface area contributed by atoms with Crippen molar-refractivity contribution in [2.45, 2.75) is 58.2 Å². The van der Waals surface area contributed by atoms with E-state index in [1.54, 1.807) is 12.1 Å². The van der Waals surface area contributed by atoms with Crippen LogP contribution in [0.3, 0.4) is 0 Å². The Hall–Kier alpha value is -4.98. The van der Waals surface area contributed by atoms with Gasteiger partial charge in [-0.25, -0.2) is 19.1 Å². The molecule has 2 aromatic heterocycles. The third-order valence-corrected chi connectivity index (χ3v) is 6.92. The monoisotopic (exact) mass is 608 g/mol. The third kappa shape index (κ3) is 8.10. The topological polar surface area (TPSA) is 197 Å². The molecule has 2 atom stereocenters. The zero-order chi connectivity index (χ0) is 31.8. The molecule has 0 spiro atoms. The standard InChI is InChI=1S/C30H36N6O8/c1-18(2)15-19-7-5-10-23-26(19)34-25(36(23)30(41)42)16-35-13-6-9-22(28(35)39)32-27(38)21(8-3-4-11-24(31)37)33-29(40)44-20-12-14-43-17-20/h4-7,9-11,13,18,20-21H,3,8,12,14-17H2,1-2H3,(H2,31,37)(H,32,38)(H,33,40)(H,41,42)/b11-4+. The molecule has 2 unspecified atom stereocenters. The highest BCUT2D eigenvalue weighted by atomic mass is 16.6. The fraction of sp³-hybridized carbons (Fsp3) is 0.400. The summed E-state index contributed by atoms with van der Waals surface area (Å²) in [5.41, 5.74) is 6.29. The Kier molecular flexibility index (Phi) is 10.5. The number of carbonyl (C=O) groups excluding carboxylic acids is 3. The van der Waals surface area contributed by atoms with Crippen LogP contribution in [-0.2, 0) is 32.0 Å². The number of carboxylic acid groups (broad SMARTS) is 1. The number of imidazole rings is 1. The molecule has 0 saturated carbocycles. The molecule has 0 aliphatic carbocycles. The lowest BCUT2D eigenvalue weighted by molar-refractivity contribution is -0.118. The van der Waals surface area contributed by atoms with E-state index in [1.165, 1.54) is 29.0 Å². The Labute approximate surface area is 252 Å². The second-order valence-corrected chi connectivity index (χ2v) is 10.8. The van der Waals surface area contributed by atoms with Crippen molar-refractivity contribution in [3.05, 3.63) is 70.4 Å². The number of nitrogens with one attached hydrogen (secondary N) is 2. The first-order chi connectivity index (χ1) is 21.0. The Bertz CT molecular complexity index is 1620. The molecule has 0 bridgehead atoms. The molecule has 1 fully saturated rings. The molecule has 3 aromatic rings. The van der Waals surface area contributed by atoms with Gasteiger partial charge in [-0.05, 0) is 55.0 Å². The van der Waals surface area contributed by atoms with E-state index in [0.717, 1.165) is 16.2 Å². The Morgan fingerprint density at radius 3 is 2.70 bits per heavy atom. The molecule has 44 heavy (non-hydrogen) atoms. The molecule has 14 nitrogen and oxygen atoms in total. The largest absolute Gasteiger partial charge is 0.464 e. The zero-order valence-electron chi connectivity index (χ0n) is 24.5. The van der Waals surface area contributed by atoms with Gasteiger partial charge in [-0.1, -0.05) is 32.1 Å². The molecule has 1 aliphatic rings. The average molecular weight is 609 g/mol. The summed E-state index contributed by atoms with van der Waals surface area (Å²) in [7, 11) is 0. The highest BCUT2D eigenvalue weighted by molar-refractivity contribution is 5.96. The summed E-state index contributed by atoms with van der Waals surface area (Å²) < 4.78 is 12.8. The smallest absolute Gasteiger partial charge is 0.417 e. The number of aromatic nitrogens is 3. The SMILES string of the molecule is CC(C)Cc1cccc2c1nc(Cn1cccc(NC(=O)C(CC/C=C/C(N)=O)NC(=O)OC3CCOC3)c1=O)n2C(=O)O. The van der Waals surface area contributed by atoms with Gasteiger partial charge >= 0.3 is 12.2 Å². The van der Waals surface area contributed by atoms with E-state index in [4.69, 9.17) is 15.2 Å². The molecular formula is C30H36N6O8. The Balaban J connectivity index is 1.56. The first-order valence-corrected chi connectivity index (χ1v) is 14.3. The molecule has 1 aliphatic heterocycles. The fourth-order valence-electron chi connectivity index (χ4n) is 4.92. The maximum atomic E-state index is 13.4. The highest BCUT2D eigenvalue weighted by Gasteiger charge is 2.26. The Morgan fingerprint density at radius 2 is 2.02 bits per heavy atom. The summed E-state index contributed by atoms with van der Waals surface area (Å²) in [5.74, 6) is -0.897. The summed E-state index contributed by atoms with van der Waals surface area (Å²) in [5, 5.41) is 15.1. The minimum Gasteiger partial charge on any atom is -0.464 e. The molecule has 234 valence electrons. The van der Waals surface area contributed by atoms with Crippen molar-refractivity contribution in [2.75, 3.05) is 18.5 Å². The molecule has 3 heterocycles. The third-order valence-electron chi connectivity index (χ3n) is 6.92. The van der Waals surface area contributed by atoms with Gasteiger partial charge in [0.1, 0.15) is 23.7 Å². The number of anilines is 1. The van der Waals surface area contributed by atoms with Gasteiger partial charge in [0.25, 0.3) is 5.56 Å². The number of benzene rings is 1. The number of allylic oxidation sites excluding steroid dienone is 1. The van der Waals surface area contributed by atoms with Gasteiger partial charge < -0.3 is 35.5 Å². The van der Waals surface area contributed by atoms with E-state index in [0.29, 0.717) is 36.4 Å². The maximum absolute atomic E-state index is 13.4. The average Bonchev–Trinajstić information content (AvgIpc) is 3.60. The van der Waals surface area contributed by atoms with E-state index in [9.17, 15) is 29.1 Å². The quantitative estimate of drug-likeness (QED) is 0.223. The van der Waals surface area contributed by atoms with Crippen LogP contribution < -0.4 is 21.9 Å². The zero-order valence-corrected chi connectivity index (χ0v) is 24.5. The normalized spacial score (nSPS) is 15.5. The van der Waals surface area contributed by atoms with Crippen molar-refractivity contribution in [3.63, 3.8) is 0 Å². The van der Waals surface area contributed by atoms with Crippen LogP contribution in [-0.4, -0.2) is 68.6 Å². The number of nitrogens with two attached hydrogens (primary N) is 1. The molecule has 5 N–H and O–H groups in total. The second-order valence-electron chi connectivity index (χ2n) is 10.8. The summed E-state index contributed by atoms with van der Waals surface area (Å²) in [6.07, 6.45) is 3.10. The molecular weight excluding hydrogens is 572 g/mol. The van der Waals surface area contributed by atoms with E-state index >= 15 is 0 Å². The van der Waals surface area contributed by atoms with Gasteiger partial charge in [-0.3, -0.25) is 14.4 Å². The van der Waals surface area contributed by atoms with Crippen molar-refractivity contribution in [3.8, 4) is 0 Å². The van der Waals surface area contributed by atoms with Crippen molar-refractivity contribution in [1.82, 2.24) is 19.4 Å². The first kappa shape index (κ1) is 31.9. The van der Waals surface area contributed by atoms with Crippen LogP contribution in [0.15, 0.2) is 53.5 Å². The van der Waals surface area contributed by atoms with E-state index in [1.807, 2.05) is 6.07 Å². The van der Waals surface area contributed by atoms with Gasteiger partial charge in [-0.2, -0.15) is 0 Å². The van der Waals surface area contributed by atoms with E-state index in [-0.39, 0.29) is 37.5 Å². The van der Waals surface area contributed by atoms with Crippen LogP contribution in [0.2, 0.25) is 0 Å². The number of nitrogens with zero attached hydrogens (tertiary/aromatic N) is 3. The van der Waals surface area contributed by atoms with Crippen LogP contribution in [0.1, 0.15) is 44.5 Å². The second kappa shape index (κ2) is 14.5. The van der Waals surface area contributed by atoms with Crippen molar-refractivity contribution >= 4 is 40.7 Å². The number of pyridine rings is 1. The number of fused-ring (bicyclic) bond motifs is 1. The number of ether oxygens (including phenoxy) is 2. The van der Waals surface area contributed by atoms with Gasteiger partial charge in [0.2, 0.25) is 11.8 Å². The number of amides is 3. The van der Waals surface area contributed by atoms with Crippen molar-refractivity contribution in [1.29, 1.82) is 0 Å². The molecule has 4 rings (SSSR count). The number of carbonyl (C=O) groups is 4. The predicted molar refractivity (Wildman–Crippen MR) is 160 cm³/mol. The lowest BCUT2D eigenvalue weighted by atomic mass is 10.0. The van der Waals surface area contributed by atoms with Gasteiger partial charge in [0.15, 0.2) is 0 Å². The summed E-state index contributed by atoms with van der Waals surface area (Å²) in [6.45, 7) is 4.64. The lowest BCUT2D eigenvalue weighted by Gasteiger charge is -2.19. The number of alkyl carbamates (subject to hydrolysis) is 1. The van der Waals surface area contributed by atoms with Gasteiger partial charge in [-0.15, -0.1) is 0 Å². The van der Waals surface area contributed by atoms with Crippen molar-refractivity contribution < 1.29 is 33.8 Å². The molecule has 1 aromatic carbocycles. The van der Waals surface area contributed by atoms with Crippen LogP contribution in [0.4, 0.5) is 15.3 Å². The molecule has 3 amide bonds. The summed E-state index contributed by atoms with van der Waals surface area (Å²) in [4.78, 5) is 67.0. The predicted octanol–water partition coefficient (Wildman–Crippen LogP) is 2.61. The fourth-order valence-corrected chi connectivity index (χ4v) is 4.92. The minimum absolute atomic E-state index is 0.0776. The number of primary amides is 1. The maximum Gasteiger partial charge on any atom is 0.417 e. The minimum atomic E-state index is -1.24. The number of rotatable bonds is 12. The number of hydrogen-bond acceptors (Lipinski definition) is 8. The van der Waals surface area contributed by atoms with E-state index in [2.05, 4.69) is 29.5 Å². The Morgan fingerprint density at radius 1 is 1.23 bits per heavy atom. The van der Waals surface area contributed by atoms with Crippen LogP contribution >= 0.6 is 0 Å². The summed E-state index contributed by atoms with van der Waals surface area (Å²) >= 11 is 0. The van der Waals surface area contributed by atoms with Gasteiger partial charge in [0, 0.05) is 12.6 Å². The van der Waals surface area contributed by atoms with Gasteiger partial charge in [0.05, 0.1) is 30.8 Å². The van der Waals surface area contributed by atoms with Crippen molar-refractivity contribution in [2.24, 2.45) is 11.7 Å². The highest BCUT2D eigenvalue weighted by Crippen LogP contribution is 2.23. The van der Waals surface area contributed by atoms with Crippen LogP contribution in [0.5, 0.6) is 0 Å². The van der Waals surface area contributed by atoms with Crippen LogP contribution in [0.25, 0.3) is 11.0 Å². The molecule has 0 radical (unpaired) electrons. The molecule has 14 heteroatoms. The van der Waals surface area contributed by atoms with Crippen LogP contribution in [0, 0.1) is 5.92 Å². The number of hydrogen-bond donors (Lipinski definition) is 4. The first-order valence-electron chi connectivity index (χ1n) is 14.3. The molecule has 1 saturated heterocycles. The number of para-hydroxylation sites is 1. The lowest BCUT2D eigenvalue weighted by Crippen LogP contribution is -2.45. The van der Waals surface area contributed by atoms with E-state index < -0.39 is 41.7 Å². The summed E-state index contributed by atoms with van der Waals surface area (Å²) in [6, 6.07) is 7.15.